The number of amides is 2. The molecule has 6 nitrogen and oxygen atoms in total. The number of urea groups is 1. The number of benzene rings is 1. The number of carbonyl (C=O) groups is 2. The second-order valence-electron chi connectivity index (χ2n) is 7.10. The van der Waals surface area contributed by atoms with E-state index in [1.54, 1.807) is 0 Å². The number of aliphatic carboxylic acids is 1. The van der Waals surface area contributed by atoms with Crippen LogP contribution < -0.4 is 10.6 Å². The van der Waals surface area contributed by atoms with E-state index in [1.807, 2.05) is 18.2 Å². The number of nitrogens with one attached hydrogen (secondary N) is 2. The second-order valence-corrected chi connectivity index (χ2v) is 7.10. The Balaban J connectivity index is 1.42. The van der Waals surface area contributed by atoms with E-state index >= 15 is 0 Å². The van der Waals surface area contributed by atoms with E-state index < -0.39 is 12.0 Å². The van der Waals surface area contributed by atoms with Crippen LogP contribution in [0.3, 0.4) is 0 Å². The first kappa shape index (κ1) is 17.7. The molecule has 25 heavy (non-hydrogen) atoms. The summed E-state index contributed by atoms with van der Waals surface area (Å²) in [6.07, 6.45) is 4.11. The number of hydrogen-bond donors (Lipinski definition) is 3. The van der Waals surface area contributed by atoms with Gasteiger partial charge in [-0.2, -0.15) is 0 Å². The van der Waals surface area contributed by atoms with Crippen LogP contribution in [0.2, 0.25) is 0 Å². The van der Waals surface area contributed by atoms with Crippen molar-refractivity contribution in [2.75, 3.05) is 13.2 Å². The molecule has 0 bridgehead atoms. The maximum absolute atomic E-state index is 12.1. The van der Waals surface area contributed by atoms with Gasteiger partial charge in [-0.05, 0) is 49.5 Å². The van der Waals surface area contributed by atoms with Gasteiger partial charge in [-0.25, -0.2) is 9.59 Å². The van der Waals surface area contributed by atoms with Gasteiger partial charge < -0.3 is 20.5 Å². The first-order valence-electron chi connectivity index (χ1n) is 9.04. The fraction of sp³-hybridized carbons (Fsp3) is 0.579. The first-order chi connectivity index (χ1) is 12.1. The fourth-order valence-corrected chi connectivity index (χ4v) is 3.67. The smallest absolute Gasteiger partial charge is 0.326 e. The number of ether oxygens (including phenoxy) is 1. The zero-order chi connectivity index (χ0) is 17.6. The van der Waals surface area contributed by atoms with Crippen molar-refractivity contribution in [2.24, 2.45) is 5.92 Å². The number of hydrogen-bond acceptors (Lipinski definition) is 3. The molecule has 3 rings (SSSR count). The van der Waals surface area contributed by atoms with Crippen molar-refractivity contribution in [2.45, 2.75) is 50.1 Å². The molecular weight excluding hydrogens is 320 g/mol. The van der Waals surface area contributed by atoms with Crippen LogP contribution in [-0.4, -0.2) is 42.4 Å². The highest BCUT2D eigenvalue weighted by atomic mass is 16.5. The van der Waals surface area contributed by atoms with Crippen molar-refractivity contribution in [1.82, 2.24) is 10.6 Å². The Labute approximate surface area is 147 Å². The maximum atomic E-state index is 12.1. The van der Waals surface area contributed by atoms with E-state index in [9.17, 15) is 14.7 Å². The fourth-order valence-electron chi connectivity index (χ4n) is 3.67. The van der Waals surface area contributed by atoms with Gasteiger partial charge in [-0.1, -0.05) is 30.3 Å². The third kappa shape index (κ3) is 4.95. The largest absolute Gasteiger partial charge is 0.480 e. The Hall–Kier alpha value is -2.08. The van der Waals surface area contributed by atoms with E-state index in [1.165, 1.54) is 5.56 Å². The highest BCUT2D eigenvalue weighted by Crippen LogP contribution is 2.36. The molecule has 6 heteroatoms. The van der Waals surface area contributed by atoms with E-state index in [4.69, 9.17) is 4.74 Å². The van der Waals surface area contributed by atoms with Crippen molar-refractivity contribution in [3.8, 4) is 0 Å². The predicted molar refractivity (Wildman–Crippen MR) is 93.5 cm³/mol. The molecule has 0 radical (unpaired) electrons. The molecule has 2 fully saturated rings. The van der Waals surface area contributed by atoms with Crippen LogP contribution in [0.5, 0.6) is 0 Å². The molecule has 1 saturated carbocycles. The Kier molecular flexibility index (Phi) is 5.91. The van der Waals surface area contributed by atoms with E-state index in [-0.39, 0.29) is 18.0 Å². The monoisotopic (exact) mass is 346 g/mol. The molecule has 2 amide bonds. The summed E-state index contributed by atoms with van der Waals surface area (Å²) in [5.74, 6) is -0.320. The summed E-state index contributed by atoms with van der Waals surface area (Å²) < 4.78 is 5.39. The average Bonchev–Trinajstić information content (AvgIpc) is 2.59. The molecule has 1 aliphatic carbocycles. The van der Waals surface area contributed by atoms with Crippen LogP contribution in [0.4, 0.5) is 4.79 Å². The molecule has 0 aromatic heterocycles. The molecule has 1 aliphatic heterocycles. The van der Waals surface area contributed by atoms with Gasteiger partial charge in [0.15, 0.2) is 0 Å². The number of carboxylic acids is 1. The predicted octanol–water partition coefficient (Wildman–Crippen LogP) is 2.50. The normalized spacial score (nSPS) is 27.0. The zero-order valence-corrected chi connectivity index (χ0v) is 14.3. The molecular formula is C19H26N2O4. The minimum absolute atomic E-state index is 0.109. The van der Waals surface area contributed by atoms with Gasteiger partial charge >= 0.3 is 12.0 Å². The SMILES string of the molecule is O=C(NC1CC(c2ccccc2)C1)NC(CC1CCCOC1)C(=O)O. The molecule has 2 aliphatic rings. The molecule has 1 aromatic rings. The van der Waals surface area contributed by atoms with Gasteiger partial charge in [0, 0.05) is 19.3 Å². The molecule has 0 spiro atoms. The van der Waals surface area contributed by atoms with Gasteiger partial charge in [-0.3, -0.25) is 0 Å². The molecule has 3 N–H and O–H groups in total. The molecule has 1 saturated heterocycles. The van der Waals surface area contributed by atoms with E-state index in [2.05, 4.69) is 22.8 Å². The Bertz CT molecular complexity index is 580. The van der Waals surface area contributed by atoms with Gasteiger partial charge in [-0.15, -0.1) is 0 Å². The lowest BCUT2D eigenvalue weighted by molar-refractivity contribution is -0.140. The highest BCUT2D eigenvalue weighted by Gasteiger charge is 2.32. The lowest BCUT2D eigenvalue weighted by atomic mass is 9.76. The summed E-state index contributed by atoms with van der Waals surface area (Å²) >= 11 is 0. The Morgan fingerprint density at radius 1 is 1.24 bits per heavy atom. The highest BCUT2D eigenvalue weighted by molar-refractivity contribution is 5.82. The van der Waals surface area contributed by atoms with Crippen LogP contribution in [0.15, 0.2) is 30.3 Å². The topological polar surface area (TPSA) is 87.7 Å². The number of rotatable bonds is 6. The quantitative estimate of drug-likeness (QED) is 0.738. The molecule has 136 valence electrons. The van der Waals surface area contributed by atoms with Gasteiger partial charge in [0.2, 0.25) is 0 Å². The van der Waals surface area contributed by atoms with Crippen LogP contribution in [0.1, 0.15) is 43.6 Å². The van der Waals surface area contributed by atoms with Crippen LogP contribution >= 0.6 is 0 Å². The summed E-state index contributed by atoms with van der Waals surface area (Å²) in [7, 11) is 0. The third-order valence-corrected chi connectivity index (χ3v) is 5.17. The Morgan fingerprint density at radius 2 is 2.00 bits per heavy atom. The first-order valence-corrected chi connectivity index (χ1v) is 9.04. The van der Waals surface area contributed by atoms with Gasteiger partial charge in [0.25, 0.3) is 0 Å². The van der Waals surface area contributed by atoms with Crippen LogP contribution in [0.25, 0.3) is 0 Å². The lowest BCUT2D eigenvalue weighted by Crippen LogP contribution is -2.52. The molecule has 1 aromatic carbocycles. The lowest BCUT2D eigenvalue weighted by Gasteiger charge is -2.36. The van der Waals surface area contributed by atoms with Crippen molar-refractivity contribution < 1.29 is 19.4 Å². The number of carbonyl (C=O) groups excluding carboxylic acids is 1. The molecule has 1 heterocycles. The minimum Gasteiger partial charge on any atom is -0.480 e. The summed E-state index contributed by atoms with van der Waals surface area (Å²) in [4.78, 5) is 23.6. The second kappa shape index (κ2) is 8.34. The van der Waals surface area contributed by atoms with Crippen LogP contribution in [0, 0.1) is 5.92 Å². The van der Waals surface area contributed by atoms with Gasteiger partial charge in [0.05, 0.1) is 0 Å². The van der Waals surface area contributed by atoms with Crippen molar-refractivity contribution >= 4 is 12.0 Å². The average molecular weight is 346 g/mol. The summed E-state index contributed by atoms with van der Waals surface area (Å²) in [6.45, 7) is 1.32. The summed E-state index contributed by atoms with van der Waals surface area (Å²) in [6, 6.07) is 9.11. The standard InChI is InChI=1S/C19H26N2O4/c22-18(23)17(9-13-5-4-8-25-12-13)21-19(24)20-16-10-15(11-16)14-6-2-1-3-7-14/h1-3,6-7,13,15-17H,4-5,8-12H2,(H,22,23)(H2,20,21,24). The Morgan fingerprint density at radius 3 is 2.64 bits per heavy atom. The van der Waals surface area contributed by atoms with Crippen molar-refractivity contribution in [3.05, 3.63) is 35.9 Å². The minimum atomic E-state index is -0.989. The zero-order valence-electron chi connectivity index (χ0n) is 14.3. The summed E-state index contributed by atoms with van der Waals surface area (Å²) in [5, 5.41) is 14.9. The van der Waals surface area contributed by atoms with Crippen LogP contribution in [-0.2, 0) is 9.53 Å². The van der Waals surface area contributed by atoms with Gasteiger partial charge in [0.1, 0.15) is 6.04 Å². The number of carboxylic acid groups (broad SMARTS) is 1. The molecule has 2 unspecified atom stereocenters. The van der Waals surface area contributed by atoms with Crippen molar-refractivity contribution in [1.29, 1.82) is 0 Å². The maximum Gasteiger partial charge on any atom is 0.326 e. The van der Waals surface area contributed by atoms with E-state index in [0.717, 1.165) is 32.3 Å². The van der Waals surface area contributed by atoms with Crippen molar-refractivity contribution in [3.63, 3.8) is 0 Å². The van der Waals surface area contributed by atoms with E-state index in [0.29, 0.717) is 18.9 Å². The summed E-state index contributed by atoms with van der Waals surface area (Å²) in [5.41, 5.74) is 1.29. The third-order valence-electron chi connectivity index (χ3n) is 5.17. The molecule has 2 atom stereocenters.